The van der Waals surface area contributed by atoms with E-state index < -0.39 is 6.10 Å². The number of aliphatic hydroxyl groups is 1. The number of anilines is 1. The summed E-state index contributed by atoms with van der Waals surface area (Å²) in [6.45, 7) is 1.53. The zero-order chi connectivity index (χ0) is 13.2. The number of nitrogens with zero attached hydrogens (tertiary/aromatic N) is 1. The summed E-state index contributed by atoms with van der Waals surface area (Å²) in [7, 11) is 0. The van der Waals surface area contributed by atoms with E-state index in [1.807, 2.05) is 24.3 Å². The number of amides is 1. The van der Waals surface area contributed by atoms with Crippen molar-refractivity contribution in [2.24, 2.45) is 0 Å². The second-order valence-corrected chi connectivity index (χ2v) is 5.36. The maximum absolute atomic E-state index is 12.2. The third-order valence-corrected chi connectivity index (χ3v) is 4.13. The highest BCUT2D eigenvalue weighted by atomic mass is 16.3. The van der Waals surface area contributed by atoms with Crippen LogP contribution >= 0.6 is 0 Å². The molecule has 1 amide bonds. The zero-order valence-corrected chi connectivity index (χ0v) is 11.0. The normalized spacial score (nSPS) is 27.4. The molecule has 0 aromatic heterocycles. The standard InChI is InChI=1S/C15H20N2O2/c18-14-8-10-17(12-6-2-1-5-11(12)14)13-7-3-4-9-16-15(13)19/h1-2,5-6,13-14,18H,3-4,7-10H2,(H,16,19). The number of carbonyl (C=O) groups excluding carboxylic acids is 1. The maximum Gasteiger partial charge on any atom is 0.242 e. The van der Waals surface area contributed by atoms with Gasteiger partial charge in [-0.3, -0.25) is 4.79 Å². The van der Waals surface area contributed by atoms with Crippen LogP contribution in [0.1, 0.15) is 37.4 Å². The maximum atomic E-state index is 12.2. The van der Waals surface area contributed by atoms with Crippen molar-refractivity contribution in [2.45, 2.75) is 37.8 Å². The smallest absolute Gasteiger partial charge is 0.242 e. The molecule has 2 heterocycles. The largest absolute Gasteiger partial charge is 0.388 e. The number of benzene rings is 1. The molecule has 1 fully saturated rings. The van der Waals surface area contributed by atoms with Crippen LogP contribution in [-0.2, 0) is 4.79 Å². The molecule has 0 bridgehead atoms. The van der Waals surface area contributed by atoms with Crippen LogP contribution < -0.4 is 10.2 Å². The summed E-state index contributed by atoms with van der Waals surface area (Å²) in [6.07, 6.45) is 3.32. The number of rotatable bonds is 1. The summed E-state index contributed by atoms with van der Waals surface area (Å²) in [5.74, 6) is 0.128. The minimum absolute atomic E-state index is 0.0869. The first-order valence-electron chi connectivity index (χ1n) is 7.09. The summed E-state index contributed by atoms with van der Waals surface area (Å²) in [5, 5.41) is 13.1. The number of hydrogen-bond acceptors (Lipinski definition) is 3. The lowest BCUT2D eigenvalue weighted by atomic mass is 9.96. The topological polar surface area (TPSA) is 52.6 Å². The van der Waals surface area contributed by atoms with Gasteiger partial charge < -0.3 is 15.3 Å². The highest BCUT2D eigenvalue weighted by molar-refractivity contribution is 5.86. The van der Waals surface area contributed by atoms with Gasteiger partial charge in [-0.1, -0.05) is 18.2 Å². The van der Waals surface area contributed by atoms with E-state index in [9.17, 15) is 9.90 Å². The van der Waals surface area contributed by atoms with Crippen molar-refractivity contribution in [3.63, 3.8) is 0 Å². The molecule has 19 heavy (non-hydrogen) atoms. The minimum Gasteiger partial charge on any atom is -0.388 e. The van der Waals surface area contributed by atoms with E-state index >= 15 is 0 Å². The van der Waals surface area contributed by atoms with Gasteiger partial charge >= 0.3 is 0 Å². The second kappa shape index (κ2) is 5.21. The van der Waals surface area contributed by atoms with Crippen LogP contribution in [0, 0.1) is 0 Å². The molecule has 2 N–H and O–H groups in total. The van der Waals surface area contributed by atoms with Crippen LogP contribution in [0.5, 0.6) is 0 Å². The van der Waals surface area contributed by atoms with Crippen molar-refractivity contribution in [1.82, 2.24) is 5.32 Å². The molecule has 0 spiro atoms. The average molecular weight is 260 g/mol. The Balaban J connectivity index is 1.93. The molecule has 2 unspecified atom stereocenters. The molecule has 0 saturated carbocycles. The summed E-state index contributed by atoms with van der Waals surface area (Å²) in [4.78, 5) is 14.4. The number of hydrogen-bond donors (Lipinski definition) is 2. The van der Waals surface area contributed by atoms with E-state index in [0.29, 0.717) is 6.42 Å². The molecular weight excluding hydrogens is 240 g/mol. The first-order chi connectivity index (χ1) is 9.27. The fourth-order valence-electron chi connectivity index (χ4n) is 3.11. The zero-order valence-electron chi connectivity index (χ0n) is 11.0. The molecule has 0 radical (unpaired) electrons. The van der Waals surface area contributed by atoms with Crippen LogP contribution in [-0.4, -0.2) is 30.1 Å². The van der Waals surface area contributed by atoms with E-state index in [1.165, 1.54) is 0 Å². The predicted molar refractivity (Wildman–Crippen MR) is 74.0 cm³/mol. The predicted octanol–water partition coefficient (Wildman–Crippen LogP) is 1.60. The molecule has 1 saturated heterocycles. The quantitative estimate of drug-likeness (QED) is 0.806. The lowest BCUT2D eigenvalue weighted by Crippen LogP contribution is -2.48. The Kier molecular flexibility index (Phi) is 3.42. The van der Waals surface area contributed by atoms with Crippen LogP contribution in [0.3, 0.4) is 0 Å². The fourth-order valence-corrected chi connectivity index (χ4v) is 3.11. The minimum atomic E-state index is -0.402. The number of aliphatic hydroxyl groups excluding tert-OH is 1. The summed E-state index contributed by atoms with van der Waals surface area (Å²) in [5.41, 5.74) is 1.97. The lowest BCUT2D eigenvalue weighted by molar-refractivity contribution is -0.122. The van der Waals surface area contributed by atoms with Gasteiger partial charge in [-0.05, 0) is 31.7 Å². The molecule has 1 aromatic carbocycles. The van der Waals surface area contributed by atoms with Crippen LogP contribution in [0.25, 0.3) is 0 Å². The van der Waals surface area contributed by atoms with E-state index in [0.717, 1.165) is 43.6 Å². The van der Waals surface area contributed by atoms with Crippen molar-refractivity contribution >= 4 is 11.6 Å². The highest BCUT2D eigenvalue weighted by Gasteiger charge is 2.32. The number of nitrogens with one attached hydrogen (secondary N) is 1. The fraction of sp³-hybridized carbons (Fsp3) is 0.533. The van der Waals surface area contributed by atoms with E-state index in [2.05, 4.69) is 10.2 Å². The summed E-state index contributed by atoms with van der Waals surface area (Å²) in [6, 6.07) is 7.80. The number of fused-ring (bicyclic) bond motifs is 1. The molecule has 1 aromatic rings. The SMILES string of the molecule is O=C1NCCCCC1N1CCC(O)c2ccccc21. The first-order valence-corrected chi connectivity index (χ1v) is 7.09. The Morgan fingerprint density at radius 2 is 2.05 bits per heavy atom. The second-order valence-electron chi connectivity index (χ2n) is 5.36. The Morgan fingerprint density at radius 3 is 2.95 bits per heavy atom. The molecule has 4 nitrogen and oxygen atoms in total. The van der Waals surface area contributed by atoms with Crippen LogP contribution in [0.15, 0.2) is 24.3 Å². The van der Waals surface area contributed by atoms with Gasteiger partial charge in [-0.2, -0.15) is 0 Å². The summed E-state index contributed by atoms with van der Waals surface area (Å²) < 4.78 is 0. The van der Waals surface area contributed by atoms with Crippen molar-refractivity contribution in [3.8, 4) is 0 Å². The van der Waals surface area contributed by atoms with Crippen molar-refractivity contribution in [3.05, 3.63) is 29.8 Å². The van der Waals surface area contributed by atoms with E-state index in [4.69, 9.17) is 0 Å². The van der Waals surface area contributed by atoms with Gasteiger partial charge in [0.1, 0.15) is 6.04 Å². The van der Waals surface area contributed by atoms with Gasteiger partial charge in [0.15, 0.2) is 0 Å². The van der Waals surface area contributed by atoms with Crippen LogP contribution in [0.2, 0.25) is 0 Å². The van der Waals surface area contributed by atoms with Crippen LogP contribution in [0.4, 0.5) is 5.69 Å². The average Bonchev–Trinajstić information content (AvgIpc) is 2.65. The van der Waals surface area contributed by atoms with Gasteiger partial charge in [-0.15, -0.1) is 0 Å². The third kappa shape index (κ3) is 2.32. The molecule has 102 valence electrons. The van der Waals surface area contributed by atoms with Crippen molar-refractivity contribution in [1.29, 1.82) is 0 Å². The van der Waals surface area contributed by atoms with Gasteiger partial charge in [0.05, 0.1) is 6.10 Å². The van der Waals surface area contributed by atoms with Gasteiger partial charge in [0.2, 0.25) is 5.91 Å². The van der Waals surface area contributed by atoms with E-state index in [1.54, 1.807) is 0 Å². The molecule has 2 aliphatic rings. The van der Waals surface area contributed by atoms with Crippen molar-refractivity contribution < 1.29 is 9.90 Å². The van der Waals surface area contributed by atoms with Gasteiger partial charge in [0, 0.05) is 24.3 Å². The summed E-state index contributed by atoms with van der Waals surface area (Å²) >= 11 is 0. The Labute approximate surface area is 113 Å². The molecule has 4 heteroatoms. The van der Waals surface area contributed by atoms with Gasteiger partial charge in [0.25, 0.3) is 0 Å². The number of carbonyl (C=O) groups is 1. The van der Waals surface area contributed by atoms with E-state index in [-0.39, 0.29) is 11.9 Å². The first kappa shape index (κ1) is 12.5. The molecular formula is C15H20N2O2. The molecule has 2 aliphatic heterocycles. The third-order valence-electron chi connectivity index (χ3n) is 4.13. The van der Waals surface area contributed by atoms with Crippen molar-refractivity contribution in [2.75, 3.05) is 18.0 Å². The molecule has 0 aliphatic carbocycles. The lowest BCUT2D eigenvalue weighted by Gasteiger charge is -2.38. The van der Waals surface area contributed by atoms with Gasteiger partial charge in [-0.25, -0.2) is 0 Å². The Hall–Kier alpha value is -1.55. The Bertz CT molecular complexity index is 475. The molecule has 3 rings (SSSR count). The monoisotopic (exact) mass is 260 g/mol. The number of para-hydroxylation sites is 1. The molecule has 2 atom stereocenters. The Morgan fingerprint density at radius 1 is 1.21 bits per heavy atom. The highest BCUT2D eigenvalue weighted by Crippen LogP contribution is 2.35.